The molecule has 2 atom stereocenters. The van der Waals surface area contributed by atoms with Crippen molar-refractivity contribution in [2.75, 3.05) is 4.90 Å². The molecule has 8 aromatic carbocycles. The van der Waals surface area contributed by atoms with Gasteiger partial charge in [0, 0.05) is 33.5 Å². The van der Waals surface area contributed by atoms with Crippen LogP contribution in [0.3, 0.4) is 0 Å². The minimum absolute atomic E-state index is 0.260. The molecule has 1 heterocycles. The first-order valence-electron chi connectivity index (χ1n) is 22.3. The summed E-state index contributed by atoms with van der Waals surface area (Å²) in [4.78, 5) is 2.47. The lowest BCUT2D eigenvalue weighted by atomic mass is 9.54. The Morgan fingerprint density at radius 2 is 0.902 bits per heavy atom. The van der Waals surface area contributed by atoms with Crippen molar-refractivity contribution < 1.29 is 0 Å². The van der Waals surface area contributed by atoms with Gasteiger partial charge in [-0.25, -0.2) is 0 Å². The molecule has 9 aromatic rings. The van der Waals surface area contributed by atoms with Crippen molar-refractivity contribution in [1.29, 1.82) is 0 Å². The first kappa shape index (κ1) is 37.4. The molecule has 2 fully saturated rings. The molecule has 0 unspecified atom stereocenters. The lowest BCUT2D eigenvalue weighted by Gasteiger charge is -2.50. The van der Waals surface area contributed by atoms with Crippen molar-refractivity contribution in [1.82, 2.24) is 4.57 Å². The molecular weight excluding hydrogens is 737 g/mol. The summed E-state index contributed by atoms with van der Waals surface area (Å²) in [6.07, 6.45) is 6.68. The van der Waals surface area contributed by atoms with Crippen LogP contribution < -0.4 is 4.90 Å². The summed E-state index contributed by atoms with van der Waals surface area (Å²) in [5, 5.41) is 2.56. The summed E-state index contributed by atoms with van der Waals surface area (Å²) in [7, 11) is 0. The molecule has 61 heavy (non-hydrogen) atoms. The Labute approximate surface area is 360 Å². The number of para-hydroxylation sites is 2. The SMILES string of the molecule is C[C@H]1CC2C[C@H](C)CC(c3cccc(N(c4ccc(-c5ccc(-c6cccc(-n7c8ccccc8c8ccccc87)c6)cc5)cc4)c4cccc(-c5ccccc5)c4)c3)(C2)C1. The van der Waals surface area contributed by atoms with Crippen LogP contribution in [0.1, 0.15) is 51.5 Å². The third kappa shape index (κ3) is 6.95. The van der Waals surface area contributed by atoms with Crippen LogP contribution >= 0.6 is 0 Å². The van der Waals surface area contributed by atoms with Crippen LogP contribution in [0.4, 0.5) is 17.1 Å². The van der Waals surface area contributed by atoms with Crippen molar-refractivity contribution in [3.63, 3.8) is 0 Å². The zero-order valence-electron chi connectivity index (χ0n) is 35.2. The maximum Gasteiger partial charge on any atom is 0.0541 e. The topological polar surface area (TPSA) is 8.17 Å². The number of hydrogen-bond acceptors (Lipinski definition) is 1. The monoisotopic (exact) mass is 788 g/mol. The fourth-order valence-corrected chi connectivity index (χ4v) is 11.6. The smallest absolute Gasteiger partial charge is 0.0541 e. The van der Waals surface area contributed by atoms with Crippen LogP contribution in [0.25, 0.3) is 60.9 Å². The number of rotatable bonds is 8. The third-order valence-corrected chi connectivity index (χ3v) is 13.9. The highest BCUT2D eigenvalue weighted by Gasteiger charge is 2.45. The Morgan fingerprint density at radius 1 is 0.410 bits per heavy atom. The normalized spacial score (nSPS) is 19.9. The average molecular weight is 789 g/mol. The van der Waals surface area contributed by atoms with Gasteiger partial charge < -0.3 is 9.47 Å². The van der Waals surface area contributed by atoms with E-state index in [1.165, 1.54) is 110 Å². The van der Waals surface area contributed by atoms with E-state index in [-0.39, 0.29) is 5.41 Å². The van der Waals surface area contributed by atoms with Gasteiger partial charge in [0.1, 0.15) is 0 Å². The fraction of sp³-hybridized carbons (Fsp3) is 0.186. The number of nitrogens with zero attached hydrogens (tertiary/aromatic N) is 2. The first-order chi connectivity index (χ1) is 30.0. The summed E-state index contributed by atoms with van der Waals surface area (Å²) in [6, 6.07) is 74.0. The van der Waals surface area contributed by atoms with E-state index < -0.39 is 0 Å². The highest BCUT2D eigenvalue weighted by atomic mass is 15.1. The van der Waals surface area contributed by atoms with Gasteiger partial charge in [-0.2, -0.15) is 0 Å². The number of aromatic nitrogens is 1. The minimum Gasteiger partial charge on any atom is -0.310 e. The van der Waals surface area contributed by atoms with Crippen LogP contribution in [0, 0.1) is 17.8 Å². The molecule has 0 radical (unpaired) electrons. The summed E-state index contributed by atoms with van der Waals surface area (Å²) in [6.45, 7) is 4.98. The molecule has 0 N–H and O–H groups in total. The molecule has 0 amide bonds. The van der Waals surface area contributed by atoms with E-state index in [1.54, 1.807) is 0 Å². The van der Waals surface area contributed by atoms with Gasteiger partial charge in [0.05, 0.1) is 11.0 Å². The van der Waals surface area contributed by atoms with Gasteiger partial charge in [-0.3, -0.25) is 0 Å². The van der Waals surface area contributed by atoms with Gasteiger partial charge in [-0.15, -0.1) is 0 Å². The largest absolute Gasteiger partial charge is 0.310 e. The molecular formula is C59H52N2. The van der Waals surface area contributed by atoms with Gasteiger partial charge >= 0.3 is 0 Å². The van der Waals surface area contributed by atoms with Crippen molar-refractivity contribution >= 4 is 38.9 Å². The average Bonchev–Trinajstić information content (AvgIpc) is 3.64. The van der Waals surface area contributed by atoms with Crippen LogP contribution in [-0.4, -0.2) is 4.57 Å². The van der Waals surface area contributed by atoms with E-state index in [4.69, 9.17) is 0 Å². The molecule has 298 valence electrons. The van der Waals surface area contributed by atoms with Crippen molar-refractivity contribution in [2.24, 2.45) is 17.8 Å². The molecule has 0 saturated heterocycles. The maximum absolute atomic E-state index is 2.53. The molecule has 1 aromatic heterocycles. The van der Waals surface area contributed by atoms with Crippen LogP contribution in [0.2, 0.25) is 0 Å². The quantitative estimate of drug-likeness (QED) is 0.149. The number of hydrogen-bond donors (Lipinski definition) is 0. The molecule has 11 rings (SSSR count). The number of anilines is 3. The summed E-state index contributed by atoms with van der Waals surface area (Å²) in [5.41, 5.74) is 16.2. The predicted molar refractivity (Wildman–Crippen MR) is 258 cm³/mol. The predicted octanol–water partition coefficient (Wildman–Crippen LogP) is 16.4. The van der Waals surface area contributed by atoms with E-state index in [0.29, 0.717) is 0 Å². The molecule has 2 aliphatic carbocycles. The molecule has 2 heteroatoms. The van der Waals surface area contributed by atoms with Crippen molar-refractivity contribution in [3.8, 4) is 39.1 Å². The lowest BCUT2D eigenvalue weighted by molar-refractivity contribution is 0.0780. The molecule has 0 aliphatic heterocycles. The Morgan fingerprint density at radius 3 is 1.56 bits per heavy atom. The number of benzene rings is 8. The molecule has 0 spiro atoms. The van der Waals surface area contributed by atoms with Crippen LogP contribution in [-0.2, 0) is 5.41 Å². The van der Waals surface area contributed by atoms with Gasteiger partial charge in [-0.05, 0) is 155 Å². The number of fused-ring (bicyclic) bond motifs is 5. The zero-order chi connectivity index (χ0) is 40.9. The maximum atomic E-state index is 2.53. The van der Waals surface area contributed by atoms with Gasteiger partial charge in [0.25, 0.3) is 0 Å². The van der Waals surface area contributed by atoms with Crippen molar-refractivity contribution in [3.05, 3.63) is 206 Å². The standard InChI is InChI=1S/C59H52N2/c1-41-33-43-34-42(2)39-59(38-41,40-43)50-17-12-20-54(37-50)60(52-18-10-15-48(35-52)44-13-4-3-5-14-44)51-31-29-46(30-32-51)45-25-27-47(28-26-45)49-16-11-19-53(36-49)61-57-23-8-6-21-55(57)56-22-7-9-24-58(56)61/h3-32,35-37,41-43H,33-34,38-40H2,1-2H3/t41-,42-,43?,59?/m0/s1. The summed E-state index contributed by atoms with van der Waals surface area (Å²) < 4.78 is 2.39. The summed E-state index contributed by atoms with van der Waals surface area (Å²) >= 11 is 0. The summed E-state index contributed by atoms with van der Waals surface area (Å²) in [5.74, 6) is 2.38. The van der Waals surface area contributed by atoms with Crippen LogP contribution in [0.5, 0.6) is 0 Å². The van der Waals surface area contributed by atoms with E-state index in [2.05, 4.69) is 224 Å². The molecule has 2 nitrogen and oxygen atoms in total. The van der Waals surface area contributed by atoms with E-state index in [1.807, 2.05) is 0 Å². The van der Waals surface area contributed by atoms with Crippen molar-refractivity contribution in [2.45, 2.75) is 51.4 Å². The van der Waals surface area contributed by atoms with Crippen LogP contribution in [0.15, 0.2) is 200 Å². The molecule has 2 bridgehead atoms. The van der Waals surface area contributed by atoms with E-state index in [0.717, 1.165) is 23.4 Å². The van der Waals surface area contributed by atoms with Gasteiger partial charge in [0.2, 0.25) is 0 Å². The Hall–Kier alpha value is -6.64. The second-order valence-electron chi connectivity index (χ2n) is 18.3. The second-order valence-corrected chi connectivity index (χ2v) is 18.3. The second kappa shape index (κ2) is 15.4. The minimum atomic E-state index is 0.260. The first-order valence-corrected chi connectivity index (χ1v) is 22.3. The fourth-order valence-electron chi connectivity index (χ4n) is 11.6. The third-order valence-electron chi connectivity index (χ3n) is 13.9. The highest BCUT2D eigenvalue weighted by molar-refractivity contribution is 6.09. The van der Waals surface area contributed by atoms with E-state index >= 15 is 0 Å². The van der Waals surface area contributed by atoms with E-state index in [9.17, 15) is 0 Å². The Balaban J connectivity index is 0.927. The Bertz CT molecular complexity index is 2920. The highest BCUT2D eigenvalue weighted by Crippen LogP contribution is 2.55. The van der Waals surface area contributed by atoms with Gasteiger partial charge in [0.15, 0.2) is 0 Å². The zero-order valence-corrected chi connectivity index (χ0v) is 35.2. The van der Waals surface area contributed by atoms with Gasteiger partial charge in [-0.1, -0.05) is 153 Å². The Kier molecular flexibility index (Phi) is 9.45. The lowest BCUT2D eigenvalue weighted by Crippen LogP contribution is -2.42. The molecule has 2 saturated carbocycles. The molecule has 2 aliphatic rings.